The zero-order valence-electron chi connectivity index (χ0n) is 12.5. The molecule has 1 amide bonds. The molecule has 0 saturated heterocycles. The summed E-state index contributed by atoms with van der Waals surface area (Å²) < 4.78 is 0.801. The fourth-order valence-corrected chi connectivity index (χ4v) is 2.55. The fraction of sp³-hybridized carbons (Fsp3) is 0.235. The summed E-state index contributed by atoms with van der Waals surface area (Å²) in [6.45, 7) is 2.82. The van der Waals surface area contributed by atoms with E-state index in [9.17, 15) is 4.79 Å². The lowest BCUT2D eigenvalue weighted by molar-refractivity contribution is 0.102. The third-order valence-corrected chi connectivity index (χ3v) is 3.74. The van der Waals surface area contributed by atoms with Crippen LogP contribution in [0, 0.1) is 6.92 Å². The van der Waals surface area contributed by atoms with Gasteiger partial charge in [0.25, 0.3) is 5.91 Å². The topological polar surface area (TPSA) is 32.3 Å². The Morgan fingerprint density at radius 2 is 1.95 bits per heavy atom. The predicted octanol–water partition coefficient (Wildman–Crippen LogP) is 4.07. The minimum atomic E-state index is -0.104. The first-order chi connectivity index (χ1) is 9.95. The van der Waals surface area contributed by atoms with Crippen LogP contribution in [0.1, 0.15) is 21.5 Å². The van der Waals surface area contributed by atoms with E-state index in [1.807, 2.05) is 57.4 Å². The molecular formula is C17H19BrN2O. The van der Waals surface area contributed by atoms with E-state index in [1.54, 1.807) is 0 Å². The fourth-order valence-electron chi connectivity index (χ4n) is 2.12. The molecule has 0 bridgehead atoms. The summed E-state index contributed by atoms with van der Waals surface area (Å²) in [6, 6.07) is 13.7. The molecule has 2 aromatic carbocycles. The quantitative estimate of drug-likeness (QED) is 0.904. The molecule has 0 atom stereocenters. The van der Waals surface area contributed by atoms with Crippen LogP contribution in [-0.2, 0) is 6.54 Å². The normalized spacial score (nSPS) is 10.7. The highest BCUT2D eigenvalue weighted by Crippen LogP contribution is 2.20. The Bertz CT molecular complexity index is 653. The molecule has 0 aliphatic heterocycles. The van der Waals surface area contributed by atoms with E-state index in [1.165, 1.54) is 5.56 Å². The minimum Gasteiger partial charge on any atom is -0.322 e. The van der Waals surface area contributed by atoms with Crippen molar-refractivity contribution in [1.29, 1.82) is 0 Å². The second-order valence-corrected chi connectivity index (χ2v) is 6.23. The number of hydrogen-bond acceptors (Lipinski definition) is 2. The average Bonchev–Trinajstić information content (AvgIpc) is 2.41. The first kappa shape index (κ1) is 15.7. The van der Waals surface area contributed by atoms with Gasteiger partial charge in [0.1, 0.15) is 0 Å². The van der Waals surface area contributed by atoms with Crippen LogP contribution in [0.3, 0.4) is 0 Å². The zero-order chi connectivity index (χ0) is 15.4. The lowest BCUT2D eigenvalue weighted by Gasteiger charge is -2.12. The van der Waals surface area contributed by atoms with E-state index in [4.69, 9.17) is 0 Å². The Hall–Kier alpha value is -1.65. The number of halogens is 1. The third-order valence-electron chi connectivity index (χ3n) is 3.05. The molecule has 0 aromatic heterocycles. The van der Waals surface area contributed by atoms with Gasteiger partial charge in [-0.3, -0.25) is 4.79 Å². The summed E-state index contributed by atoms with van der Waals surface area (Å²) in [4.78, 5) is 14.5. The van der Waals surface area contributed by atoms with Crippen LogP contribution in [0.4, 0.5) is 5.69 Å². The summed E-state index contributed by atoms with van der Waals surface area (Å²) in [5.74, 6) is -0.104. The molecule has 0 fully saturated rings. The van der Waals surface area contributed by atoms with E-state index in [0.29, 0.717) is 5.56 Å². The van der Waals surface area contributed by atoms with Gasteiger partial charge in [-0.05, 0) is 66.8 Å². The predicted molar refractivity (Wildman–Crippen MR) is 90.7 cm³/mol. The van der Waals surface area contributed by atoms with Crippen LogP contribution in [0.2, 0.25) is 0 Å². The monoisotopic (exact) mass is 346 g/mol. The largest absolute Gasteiger partial charge is 0.322 e. The molecule has 110 valence electrons. The van der Waals surface area contributed by atoms with Crippen LogP contribution in [0.5, 0.6) is 0 Å². The summed E-state index contributed by atoms with van der Waals surface area (Å²) in [5.41, 5.74) is 3.69. The second kappa shape index (κ2) is 6.87. The summed E-state index contributed by atoms with van der Waals surface area (Å²) in [6.07, 6.45) is 0. The Balaban J connectivity index is 2.17. The highest BCUT2D eigenvalue weighted by Gasteiger charge is 2.10. The Kier molecular flexibility index (Phi) is 5.15. The van der Waals surface area contributed by atoms with Gasteiger partial charge in [-0.15, -0.1) is 0 Å². The molecular weight excluding hydrogens is 328 g/mol. The van der Waals surface area contributed by atoms with E-state index in [0.717, 1.165) is 22.3 Å². The number of nitrogens with zero attached hydrogens (tertiary/aromatic N) is 1. The van der Waals surface area contributed by atoms with Crippen molar-refractivity contribution in [3.05, 3.63) is 63.6 Å². The standard InChI is InChI=1S/C17H19BrN2O/c1-12-7-8-16(18)15(9-12)17(21)19-14-6-4-5-13(10-14)11-20(2)3/h4-10H,11H2,1-3H3,(H,19,21). The van der Waals surface area contributed by atoms with Gasteiger partial charge in [0.05, 0.1) is 5.56 Å². The van der Waals surface area contributed by atoms with Crippen molar-refractivity contribution >= 4 is 27.5 Å². The van der Waals surface area contributed by atoms with Crippen LogP contribution in [0.15, 0.2) is 46.9 Å². The number of rotatable bonds is 4. The maximum Gasteiger partial charge on any atom is 0.256 e. The van der Waals surface area contributed by atoms with Crippen LogP contribution in [-0.4, -0.2) is 24.9 Å². The van der Waals surface area contributed by atoms with Crippen molar-refractivity contribution in [3.8, 4) is 0 Å². The van der Waals surface area contributed by atoms with Gasteiger partial charge in [0.15, 0.2) is 0 Å². The molecule has 4 heteroatoms. The molecule has 0 aliphatic carbocycles. The maximum absolute atomic E-state index is 12.4. The average molecular weight is 347 g/mol. The van der Waals surface area contributed by atoms with Gasteiger partial charge in [0, 0.05) is 16.7 Å². The van der Waals surface area contributed by atoms with Gasteiger partial charge in [-0.2, -0.15) is 0 Å². The number of amides is 1. The van der Waals surface area contributed by atoms with Gasteiger partial charge < -0.3 is 10.2 Å². The van der Waals surface area contributed by atoms with Crippen LogP contribution in [0.25, 0.3) is 0 Å². The molecule has 0 heterocycles. The Labute approximate surface area is 134 Å². The summed E-state index contributed by atoms with van der Waals surface area (Å²) >= 11 is 3.42. The molecule has 1 N–H and O–H groups in total. The molecule has 21 heavy (non-hydrogen) atoms. The van der Waals surface area contributed by atoms with Crippen molar-refractivity contribution in [2.45, 2.75) is 13.5 Å². The van der Waals surface area contributed by atoms with Gasteiger partial charge >= 0.3 is 0 Å². The summed E-state index contributed by atoms with van der Waals surface area (Å²) in [5, 5.41) is 2.95. The maximum atomic E-state index is 12.4. The van der Waals surface area contributed by atoms with E-state index in [2.05, 4.69) is 32.2 Å². The SMILES string of the molecule is Cc1ccc(Br)c(C(=O)Nc2cccc(CN(C)C)c2)c1. The van der Waals surface area contributed by atoms with Crippen molar-refractivity contribution in [1.82, 2.24) is 4.90 Å². The van der Waals surface area contributed by atoms with Crippen LogP contribution >= 0.6 is 15.9 Å². The number of nitrogens with one attached hydrogen (secondary N) is 1. The summed E-state index contributed by atoms with van der Waals surface area (Å²) in [7, 11) is 4.05. The number of aryl methyl sites for hydroxylation is 1. The van der Waals surface area contributed by atoms with Crippen molar-refractivity contribution in [2.24, 2.45) is 0 Å². The lowest BCUT2D eigenvalue weighted by Crippen LogP contribution is -2.14. The lowest BCUT2D eigenvalue weighted by atomic mass is 10.1. The molecule has 3 nitrogen and oxygen atoms in total. The Morgan fingerprint density at radius 1 is 1.19 bits per heavy atom. The van der Waals surface area contributed by atoms with Crippen molar-refractivity contribution in [3.63, 3.8) is 0 Å². The van der Waals surface area contributed by atoms with Crippen molar-refractivity contribution < 1.29 is 4.79 Å². The Morgan fingerprint density at radius 3 is 2.67 bits per heavy atom. The molecule has 0 saturated carbocycles. The first-order valence-corrected chi connectivity index (χ1v) is 7.56. The molecule has 0 radical (unpaired) electrons. The molecule has 0 aliphatic rings. The molecule has 2 aromatic rings. The van der Waals surface area contributed by atoms with E-state index >= 15 is 0 Å². The third kappa shape index (κ3) is 4.41. The first-order valence-electron chi connectivity index (χ1n) is 6.77. The number of carbonyl (C=O) groups excluding carboxylic acids is 1. The zero-order valence-corrected chi connectivity index (χ0v) is 14.1. The number of hydrogen-bond donors (Lipinski definition) is 1. The second-order valence-electron chi connectivity index (χ2n) is 5.38. The number of anilines is 1. The highest BCUT2D eigenvalue weighted by molar-refractivity contribution is 9.10. The smallest absolute Gasteiger partial charge is 0.256 e. The number of benzene rings is 2. The van der Waals surface area contributed by atoms with Crippen molar-refractivity contribution in [2.75, 3.05) is 19.4 Å². The number of carbonyl (C=O) groups is 1. The van der Waals surface area contributed by atoms with Gasteiger partial charge in [0.2, 0.25) is 0 Å². The van der Waals surface area contributed by atoms with E-state index in [-0.39, 0.29) is 5.91 Å². The van der Waals surface area contributed by atoms with E-state index < -0.39 is 0 Å². The molecule has 2 rings (SSSR count). The minimum absolute atomic E-state index is 0.104. The van der Waals surface area contributed by atoms with Crippen LogP contribution < -0.4 is 5.32 Å². The van der Waals surface area contributed by atoms with Gasteiger partial charge in [-0.1, -0.05) is 23.8 Å². The molecule has 0 spiro atoms. The highest BCUT2D eigenvalue weighted by atomic mass is 79.9. The molecule has 0 unspecified atom stereocenters. The van der Waals surface area contributed by atoms with Gasteiger partial charge in [-0.25, -0.2) is 0 Å².